The van der Waals surface area contributed by atoms with Crippen LogP contribution in [0, 0.1) is 23.8 Å². The maximum absolute atomic E-state index is 11.2. The first-order chi connectivity index (χ1) is 7.79. The number of carbonyl (C=O) groups is 1. The first-order valence-electron chi connectivity index (χ1n) is 5.63. The van der Waals surface area contributed by atoms with Crippen molar-refractivity contribution < 1.29 is 14.6 Å². The van der Waals surface area contributed by atoms with Crippen LogP contribution in [0.25, 0.3) is 0 Å². The van der Waals surface area contributed by atoms with E-state index in [4.69, 9.17) is 11.2 Å². The van der Waals surface area contributed by atoms with Crippen molar-refractivity contribution in [1.29, 1.82) is 0 Å². The predicted molar refractivity (Wildman–Crippen MR) is 68.9 cm³/mol. The fourth-order valence-electron chi connectivity index (χ4n) is 1.67. The molecule has 0 aromatic rings. The van der Waals surface area contributed by atoms with Gasteiger partial charge in [0.05, 0.1) is 0 Å². The molecule has 1 fully saturated rings. The van der Waals surface area contributed by atoms with E-state index < -0.39 is 19.3 Å². The molecule has 0 aromatic carbocycles. The maximum atomic E-state index is 11.2. The molecule has 2 unspecified atom stereocenters. The number of rotatable bonds is 2. The van der Waals surface area contributed by atoms with Gasteiger partial charge in [0.1, 0.15) is 8.07 Å². The van der Waals surface area contributed by atoms with Crippen LogP contribution in [0.2, 0.25) is 19.6 Å². The van der Waals surface area contributed by atoms with Crippen LogP contribution in [-0.4, -0.2) is 37.3 Å². The fraction of sp³-hybridized carbons (Fsp3) is 0.615. The van der Waals surface area contributed by atoms with Crippen LogP contribution >= 0.6 is 0 Å². The second-order valence-corrected chi connectivity index (χ2v) is 10.1. The van der Waals surface area contributed by atoms with Gasteiger partial charge in [0.15, 0.2) is 11.9 Å². The van der Waals surface area contributed by atoms with Crippen molar-refractivity contribution in [2.24, 2.45) is 0 Å². The summed E-state index contributed by atoms with van der Waals surface area (Å²) in [7, 11) is -1.68. The van der Waals surface area contributed by atoms with Gasteiger partial charge in [-0.3, -0.25) is 4.79 Å². The third kappa shape index (κ3) is 2.79. The number of terminal acetylenes is 1. The summed E-state index contributed by atoms with van der Waals surface area (Å²) < 4.78 is 5.41. The van der Waals surface area contributed by atoms with Gasteiger partial charge in [-0.15, -0.1) is 12.0 Å². The van der Waals surface area contributed by atoms with Gasteiger partial charge in [-0.1, -0.05) is 31.5 Å². The van der Waals surface area contributed by atoms with Gasteiger partial charge in [0.25, 0.3) is 0 Å². The first-order valence-corrected chi connectivity index (χ1v) is 9.13. The zero-order valence-electron chi connectivity index (χ0n) is 10.5. The number of aliphatic hydroxyl groups is 1. The molecular weight excluding hydrogens is 232 g/mol. The lowest BCUT2D eigenvalue weighted by atomic mass is 9.83. The Kier molecular flexibility index (Phi) is 3.83. The monoisotopic (exact) mass is 250 g/mol. The van der Waals surface area contributed by atoms with E-state index in [1.165, 1.54) is 0 Å². The summed E-state index contributed by atoms with van der Waals surface area (Å²) in [6.45, 7) is 6.55. The topological polar surface area (TPSA) is 46.5 Å². The van der Waals surface area contributed by atoms with Crippen LogP contribution < -0.4 is 0 Å². The molecule has 1 heterocycles. The average Bonchev–Trinajstić information content (AvgIpc) is 2.75. The van der Waals surface area contributed by atoms with Gasteiger partial charge in [-0.2, -0.15) is 0 Å². The van der Waals surface area contributed by atoms with Crippen LogP contribution in [0.3, 0.4) is 0 Å². The van der Waals surface area contributed by atoms with Gasteiger partial charge >= 0.3 is 0 Å². The molecule has 1 aliphatic heterocycles. The molecule has 0 aliphatic carbocycles. The molecule has 0 aromatic heterocycles. The minimum absolute atomic E-state index is 0.408. The van der Waals surface area contributed by atoms with Gasteiger partial charge in [0, 0.05) is 6.61 Å². The molecule has 0 bridgehead atoms. The molecule has 17 heavy (non-hydrogen) atoms. The SMILES string of the molecule is C#CC1(C(O)(C#C[Si](C)(C)C)C=O)CCCO1. The molecule has 0 amide bonds. The average molecular weight is 250 g/mol. The zero-order valence-corrected chi connectivity index (χ0v) is 11.5. The Balaban J connectivity index is 3.15. The summed E-state index contributed by atoms with van der Waals surface area (Å²) in [5.41, 5.74) is -0.185. The summed E-state index contributed by atoms with van der Waals surface area (Å²) in [6, 6.07) is 0. The molecule has 1 rings (SSSR count). The van der Waals surface area contributed by atoms with Crippen molar-refractivity contribution in [2.75, 3.05) is 6.61 Å². The van der Waals surface area contributed by atoms with Crippen LogP contribution in [-0.2, 0) is 9.53 Å². The Labute approximate surface area is 104 Å². The van der Waals surface area contributed by atoms with Gasteiger partial charge in [0.2, 0.25) is 5.60 Å². The van der Waals surface area contributed by atoms with Crippen LogP contribution in [0.5, 0.6) is 0 Å². The number of hydrogen-bond acceptors (Lipinski definition) is 3. The number of carbonyl (C=O) groups excluding carboxylic acids is 1. The zero-order chi connectivity index (χ0) is 13.2. The van der Waals surface area contributed by atoms with Crippen molar-refractivity contribution in [3.8, 4) is 23.8 Å². The van der Waals surface area contributed by atoms with Crippen molar-refractivity contribution in [1.82, 2.24) is 0 Å². The van der Waals surface area contributed by atoms with E-state index in [2.05, 4.69) is 17.4 Å². The van der Waals surface area contributed by atoms with Crippen LogP contribution in [0.4, 0.5) is 0 Å². The number of aldehydes is 1. The molecule has 2 atom stereocenters. The van der Waals surface area contributed by atoms with E-state index in [9.17, 15) is 9.90 Å². The lowest BCUT2D eigenvalue weighted by molar-refractivity contribution is -0.137. The highest BCUT2D eigenvalue weighted by atomic mass is 28.3. The Hall–Kier alpha value is -1.07. The minimum atomic E-state index is -1.89. The molecule has 1 saturated heterocycles. The quantitative estimate of drug-likeness (QED) is 0.451. The molecule has 4 heteroatoms. The highest BCUT2D eigenvalue weighted by Gasteiger charge is 2.52. The lowest BCUT2D eigenvalue weighted by Gasteiger charge is -2.32. The van der Waals surface area contributed by atoms with E-state index in [0.717, 1.165) is 6.42 Å². The highest BCUT2D eigenvalue weighted by molar-refractivity contribution is 6.83. The standard InChI is InChI=1S/C13H18O3Si/c1-5-13(7-6-9-16-13)12(15,11-14)8-10-17(2,3)4/h1,11,15H,6-7,9H2,2-4H3. The molecule has 92 valence electrons. The molecule has 0 spiro atoms. The Bertz CT molecular complexity index is 399. The van der Waals surface area contributed by atoms with E-state index in [0.29, 0.717) is 19.3 Å². The molecule has 1 N–H and O–H groups in total. The maximum Gasteiger partial charge on any atom is 0.221 e. The second kappa shape index (κ2) is 4.66. The number of hydrogen-bond donors (Lipinski definition) is 1. The summed E-state index contributed by atoms with van der Waals surface area (Å²) in [5, 5.41) is 10.3. The predicted octanol–water partition coefficient (Wildman–Crippen LogP) is 0.980. The minimum Gasteiger partial charge on any atom is -0.368 e. The summed E-state index contributed by atoms with van der Waals surface area (Å²) in [4.78, 5) is 11.2. The van der Waals surface area contributed by atoms with Crippen molar-refractivity contribution in [3.63, 3.8) is 0 Å². The van der Waals surface area contributed by atoms with Crippen LogP contribution in [0.15, 0.2) is 0 Å². The largest absolute Gasteiger partial charge is 0.368 e. The Morgan fingerprint density at radius 1 is 1.53 bits per heavy atom. The fourth-order valence-corrected chi connectivity index (χ4v) is 2.24. The van der Waals surface area contributed by atoms with Gasteiger partial charge < -0.3 is 9.84 Å². The van der Waals surface area contributed by atoms with Crippen LogP contribution in [0.1, 0.15) is 12.8 Å². The highest BCUT2D eigenvalue weighted by Crippen LogP contribution is 2.34. The van der Waals surface area contributed by atoms with Crippen molar-refractivity contribution in [3.05, 3.63) is 0 Å². The third-order valence-corrected chi connectivity index (χ3v) is 3.54. The summed E-state index contributed by atoms with van der Waals surface area (Å²) in [6.07, 6.45) is 7.02. The smallest absolute Gasteiger partial charge is 0.221 e. The molecule has 3 nitrogen and oxygen atoms in total. The van der Waals surface area contributed by atoms with Gasteiger partial charge in [-0.05, 0) is 12.8 Å². The van der Waals surface area contributed by atoms with E-state index in [1.54, 1.807) is 0 Å². The van der Waals surface area contributed by atoms with E-state index >= 15 is 0 Å². The molecule has 1 aliphatic rings. The molecule has 0 saturated carbocycles. The second-order valence-electron chi connectivity index (χ2n) is 5.31. The van der Waals surface area contributed by atoms with E-state index in [-0.39, 0.29) is 0 Å². The van der Waals surface area contributed by atoms with Crippen molar-refractivity contribution >= 4 is 14.4 Å². The molecular formula is C13H18O3Si. The van der Waals surface area contributed by atoms with E-state index in [1.807, 2.05) is 19.6 Å². The molecule has 0 radical (unpaired) electrons. The Morgan fingerprint density at radius 3 is 2.53 bits per heavy atom. The third-order valence-electron chi connectivity index (χ3n) is 2.67. The normalized spacial score (nSPS) is 27.5. The van der Waals surface area contributed by atoms with Crippen molar-refractivity contribution in [2.45, 2.75) is 43.7 Å². The Morgan fingerprint density at radius 2 is 2.18 bits per heavy atom. The first kappa shape index (κ1) is 14.0. The lowest BCUT2D eigenvalue weighted by Crippen LogP contribution is -2.53. The van der Waals surface area contributed by atoms with Gasteiger partial charge in [-0.25, -0.2) is 0 Å². The summed E-state index contributed by atoms with van der Waals surface area (Å²) >= 11 is 0. The summed E-state index contributed by atoms with van der Waals surface area (Å²) in [5.74, 6) is 5.07. The number of ether oxygens (including phenoxy) is 1.